The average molecular weight is 372 g/mol. The molecular formula is C19H20N2O4S. The highest BCUT2D eigenvalue weighted by Crippen LogP contribution is 2.39. The van der Waals surface area contributed by atoms with E-state index in [-0.39, 0.29) is 4.90 Å². The first-order valence-electron chi connectivity index (χ1n) is 8.17. The van der Waals surface area contributed by atoms with Gasteiger partial charge in [-0.3, -0.25) is 0 Å². The Morgan fingerprint density at radius 1 is 1.04 bits per heavy atom. The normalized spacial score (nSPS) is 11.7. The first kappa shape index (κ1) is 18.2. The summed E-state index contributed by atoms with van der Waals surface area (Å²) in [7, 11) is -3.75. The van der Waals surface area contributed by atoms with Crippen molar-refractivity contribution in [3.63, 3.8) is 0 Å². The van der Waals surface area contributed by atoms with Crippen LogP contribution in [0.5, 0.6) is 5.95 Å². The van der Waals surface area contributed by atoms with Crippen LogP contribution in [0.1, 0.15) is 13.8 Å². The molecule has 2 aromatic carbocycles. The van der Waals surface area contributed by atoms with Crippen LogP contribution in [0, 0.1) is 5.92 Å². The Morgan fingerprint density at radius 3 is 2.27 bits per heavy atom. The van der Waals surface area contributed by atoms with Gasteiger partial charge in [0.2, 0.25) is 10.0 Å². The lowest BCUT2D eigenvalue weighted by molar-refractivity contribution is 0.192. The van der Waals surface area contributed by atoms with Gasteiger partial charge in [0.1, 0.15) is 5.69 Å². The molecule has 0 unspecified atom stereocenters. The Kier molecular flexibility index (Phi) is 5.11. The molecule has 3 aromatic rings. The van der Waals surface area contributed by atoms with Gasteiger partial charge in [0.15, 0.2) is 0 Å². The molecule has 0 aliphatic heterocycles. The molecule has 26 heavy (non-hydrogen) atoms. The van der Waals surface area contributed by atoms with Crippen molar-refractivity contribution in [1.29, 1.82) is 0 Å². The number of benzene rings is 2. The maximum Gasteiger partial charge on any atom is 0.319 e. The highest BCUT2D eigenvalue weighted by Gasteiger charge is 2.21. The predicted octanol–water partition coefficient (Wildman–Crippen LogP) is 3.69. The van der Waals surface area contributed by atoms with Crippen molar-refractivity contribution in [1.82, 2.24) is 5.16 Å². The number of hydrogen-bond acceptors (Lipinski definition) is 5. The van der Waals surface area contributed by atoms with Crippen LogP contribution < -0.4 is 9.88 Å². The molecule has 0 saturated heterocycles. The van der Waals surface area contributed by atoms with E-state index in [1.807, 2.05) is 44.2 Å². The number of ether oxygens (including phenoxy) is 1. The van der Waals surface area contributed by atoms with Gasteiger partial charge in [-0.25, -0.2) is 13.6 Å². The molecule has 7 heteroatoms. The second-order valence-electron chi connectivity index (χ2n) is 6.33. The summed E-state index contributed by atoms with van der Waals surface area (Å²) in [6.07, 6.45) is 0. The summed E-state index contributed by atoms with van der Waals surface area (Å²) in [6, 6.07) is 15.8. The van der Waals surface area contributed by atoms with E-state index >= 15 is 0 Å². The van der Waals surface area contributed by atoms with Crippen LogP contribution >= 0.6 is 0 Å². The third-order valence-corrected chi connectivity index (χ3v) is 4.66. The van der Waals surface area contributed by atoms with Gasteiger partial charge in [-0.15, -0.1) is 0 Å². The van der Waals surface area contributed by atoms with Crippen LogP contribution in [0.3, 0.4) is 0 Å². The van der Waals surface area contributed by atoms with Crippen LogP contribution in [0.25, 0.3) is 22.4 Å². The lowest BCUT2D eigenvalue weighted by atomic mass is 10.0. The Balaban J connectivity index is 2.09. The van der Waals surface area contributed by atoms with E-state index in [0.29, 0.717) is 29.7 Å². The molecule has 0 aliphatic carbocycles. The zero-order chi connectivity index (χ0) is 18.7. The van der Waals surface area contributed by atoms with E-state index in [1.165, 1.54) is 12.1 Å². The molecule has 3 rings (SSSR count). The monoisotopic (exact) mass is 372 g/mol. The van der Waals surface area contributed by atoms with E-state index in [9.17, 15) is 8.42 Å². The number of sulfonamides is 1. The molecule has 2 N–H and O–H groups in total. The average Bonchev–Trinajstić information content (AvgIpc) is 3.04. The molecule has 1 aromatic heterocycles. The lowest BCUT2D eigenvalue weighted by Crippen LogP contribution is -2.11. The minimum Gasteiger partial charge on any atom is -0.463 e. The zero-order valence-electron chi connectivity index (χ0n) is 14.5. The molecule has 0 aliphatic rings. The van der Waals surface area contributed by atoms with Crippen LogP contribution in [-0.2, 0) is 10.0 Å². The van der Waals surface area contributed by atoms with Crippen LogP contribution in [0.4, 0.5) is 0 Å². The zero-order valence-corrected chi connectivity index (χ0v) is 15.4. The lowest BCUT2D eigenvalue weighted by Gasteiger charge is -2.08. The van der Waals surface area contributed by atoms with Crippen LogP contribution in [-0.4, -0.2) is 20.2 Å². The fourth-order valence-electron chi connectivity index (χ4n) is 2.47. The van der Waals surface area contributed by atoms with Crippen molar-refractivity contribution < 1.29 is 17.7 Å². The van der Waals surface area contributed by atoms with Crippen molar-refractivity contribution in [3.8, 4) is 28.3 Å². The maximum absolute atomic E-state index is 11.5. The molecule has 0 spiro atoms. The second kappa shape index (κ2) is 7.31. The third kappa shape index (κ3) is 3.95. The van der Waals surface area contributed by atoms with Gasteiger partial charge in [-0.05, 0) is 23.6 Å². The largest absolute Gasteiger partial charge is 0.463 e. The van der Waals surface area contributed by atoms with Crippen molar-refractivity contribution in [2.24, 2.45) is 11.1 Å². The molecule has 6 nitrogen and oxygen atoms in total. The summed E-state index contributed by atoms with van der Waals surface area (Å²) in [6.45, 7) is 4.55. The second-order valence-corrected chi connectivity index (χ2v) is 7.90. The Morgan fingerprint density at radius 2 is 1.69 bits per heavy atom. The van der Waals surface area contributed by atoms with E-state index in [4.69, 9.17) is 14.4 Å². The molecule has 0 radical (unpaired) electrons. The molecule has 0 saturated carbocycles. The molecule has 0 atom stereocenters. The Labute approximate surface area is 152 Å². The van der Waals surface area contributed by atoms with Crippen molar-refractivity contribution in [2.45, 2.75) is 18.7 Å². The summed E-state index contributed by atoms with van der Waals surface area (Å²) in [5, 5.41) is 9.34. The van der Waals surface area contributed by atoms with Gasteiger partial charge < -0.3 is 9.26 Å². The molecule has 0 fully saturated rings. The van der Waals surface area contributed by atoms with Gasteiger partial charge in [0, 0.05) is 5.56 Å². The summed E-state index contributed by atoms with van der Waals surface area (Å²) in [5.74, 6) is 0.624. The Bertz CT molecular complexity index is 978. The quantitative estimate of drug-likeness (QED) is 0.712. The minimum atomic E-state index is -3.75. The van der Waals surface area contributed by atoms with Crippen LogP contribution in [0.2, 0.25) is 0 Å². The van der Waals surface area contributed by atoms with E-state index < -0.39 is 10.0 Å². The highest BCUT2D eigenvalue weighted by molar-refractivity contribution is 7.89. The van der Waals surface area contributed by atoms with E-state index in [0.717, 1.165) is 11.1 Å². The fourth-order valence-corrected chi connectivity index (χ4v) is 2.99. The molecule has 1 heterocycles. The van der Waals surface area contributed by atoms with Crippen molar-refractivity contribution in [3.05, 3.63) is 54.6 Å². The highest BCUT2D eigenvalue weighted by atomic mass is 32.2. The van der Waals surface area contributed by atoms with Gasteiger partial charge >= 0.3 is 5.95 Å². The van der Waals surface area contributed by atoms with Crippen molar-refractivity contribution in [2.75, 3.05) is 6.61 Å². The number of aromatic nitrogens is 1. The summed E-state index contributed by atoms with van der Waals surface area (Å²) in [5.41, 5.74) is 2.92. The first-order valence-corrected chi connectivity index (χ1v) is 9.72. The van der Waals surface area contributed by atoms with Gasteiger partial charge in [0.05, 0.1) is 17.1 Å². The summed E-state index contributed by atoms with van der Waals surface area (Å²) in [4.78, 5) is 0.0450. The summed E-state index contributed by atoms with van der Waals surface area (Å²) >= 11 is 0. The Hall–Kier alpha value is -2.64. The molecule has 136 valence electrons. The number of primary sulfonamides is 1. The standard InChI is InChI=1S/C19H20N2O4S/c1-13(2)12-24-19-17(14-8-10-16(11-9-14)26(20,22)23)18(21-25-19)15-6-4-3-5-7-15/h3-11,13H,12H2,1-2H3,(H2,20,22,23). The number of hydrogen-bond donors (Lipinski definition) is 1. The third-order valence-electron chi connectivity index (χ3n) is 3.73. The van der Waals surface area contributed by atoms with E-state index in [2.05, 4.69) is 5.16 Å². The smallest absolute Gasteiger partial charge is 0.319 e. The SMILES string of the molecule is CC(C)COc1onc(-c2ccccc2)c1-c1ccc(S(N)(=O)=O)cc1. The number of nitrogens with two attached hydrogens (primary N) is 1. The van der Waals surface area contributed by atoms with Gasteiger partial charge in [-0.1, -0.05) is 61.5 Å². The topological polar surface area (TPSA) is 95.4 Å². The van der Waals surface area contributed by atoms with Crippen LogP contribution in [0.15, 0.2) is 64.0 Å². The minimum absolute atomic E-state index is 0.0450. The molecule has 0 bridgehead atoms. The van der Waals surface area contributed by atoms with Gasteiger partial charge in [-0.2, -0.15) is 0 Å². The molecular weight excluding hydrogens is 352 g/mol. The van der Waals surface area contributed by atoms with Crippen molar-refractivity contribution >= 4 is 10.0 Å². The predicted molar refractivity (Wildman–Crippen MR) is 99.1 cm³/mol. The fraction of sp³-hybridized carbons (Fsp3) is 0.211. The van der Waals surface area contributed by atoms with Gasteiger partial charge in [0.25, 0.3) is 0 Å². The number of rotatable bonds is 6. The molecule has 0 amide bonds. The summed E-state index contributed by atoms with van der Waals surface area (Å²) < 4.78 is 34.2. The van der Waals surface area contributed by atoms with E-state index in [1.54, 1.807) is 12.1 Å². The number of nitrogens with zero attached hydrogens (tertiary/aromatic N) is 1. The first-order chi connectivity index (χ1) is 12.4. The maximum atomic E-state index is 11.5.